The molecule has 28 heteroatoms. The monoisotopic (exact) mass is 970 g/mol. The molecule has 5 rings (SSSR count). The molecular weight excluding hydrogens is 903 g/mol. The number of ether oxygens (including phenoxy) is 10. The van der Waals surface area contributed by atoms with Gasteiger partial charge in [-0.2, -0.15) is 0 Å². The minimum atomic E-state index is -2.14. The minimum Gasteiger partial charge on any atom is -0.394 e. The molecule has 1 amide bonds. The molecule has 15 unspecified atom stereocenters. The fourth-order valence-corrected chi connectivity index (χ4v) is 8.32. The quantitative estimate of drug-likeness (QED) is 0.0475. The van der Waals surface area contributed by atoms with Gasteiger partial charge in [0.05, 0.1) is 39.1 Å². The second-order valence-corrected chi connectivity index (χ2v) is 17.0. The van der Waals surface area contributed by atoms with Crippen molar-refractivity contribution in [3.8, 4) is 0 Å². The lowest BCUT2D eigenvalue weighted by Gasteiger charge is -2.50. The number of carbonyl (C=O) groups excluding carboxylic acids is 1. The van der Waals surface area contributed by atoms with Crippen LogP contribution in [0.15, 0.2) is 0 Å². The van der Waals surface area contributed by atoms with Crippen molar-refractivity contribution in [3.05, 3.63) is 0 Å². The van der Waals surface area contributed by atoms with Gasteiger partial charge < -0.3 is 130 Å². The smallest absolute Gasteiger partial charge is 0.217 e. The summed E-state index contributed by atoms with van der Waals surface area (Å²) in [6.45, 7) is -4.14. The molecule has 0 aromatic rings. The number of hydrogen-bond donors (Lipinski definition) is 16. The Bertz CT molecular complexity index is 1470. The summed E-state index contributed by atoms with van der Waals surface area (Å²) in [6.07, 6.45) is -38.3. The topological polar surface area (TPSA) is 431 Å². The van der Waals surface area contributed by atoms with Gasteiger partial charge in [0.1, 0.15) is 116 Å². The molecule has 0 bridgehead atoms. The minimum absolute atomic E-state index is 0.0857. The summed E-state index contributed by atoms with van der Waals surface area (Å²) in [4.78, 5) is 12.5. The first-order valence-corrected chi connectivity index (χ1v) is 21.7. The van der Waals surface area contributed by atoms with Crippen molar-refractivity contribution in [2.75, 3.05) is 52.9 Å². The molecule has 17 N–H and O–H groups in total. The molecule has 0 spiro atoms. The highest BCUT2D eigenvalue weighted by atomic mass is 19.1. The second kappa shape index (κ2) is 25.0. The molecule has 0 aliphatic carbocycles. The third-order valence-corrected chi connectivity index (χ3v) is 12.1. The van der Waals surface area contributed by atoms with Gasteiger partial charge in [0.25, 0.3) is 0 Å². The number of aliphatic hydroxyl groups excluding tert-OH is 14. The van der Waals surface area contributed by atoms with Crippen LogP contribution in [0.3, 0.4) is 0 Å². The van der Waals surface area contributed by atoms with Crippen LogP contribution in [0.4, 0.5) is 4.39 Å². The number of aliphatic hydroxyl groups is 14. The number of alkyl halides is 1. The van der Waals surface area contributed by atoms with E-state index in [4.69, 9.17) is 53.1 Å². The Hall–Kier alpha value is -1.60. The van der Waals surface area contributed by atoms with Gasteiger partial charge in [0.15, 0.2) is 31.5 Å². The Labute approximate surface area is 377 Å². The average Bonchev–Trinajstić information content (AvgIpc) is 3.30. The third kappa shape index (κ3) is 12.6. The van der Waals surface area contributed by atoms with Crippen LogP contribution < -0.4 is 11.1 Å². The van der Waals surface area contributed by atoms with Gasteiger partial charge in [-0.05, 0) is 25.8 Å². The van der Waals surface area contributed by atoms with Gasteiger partial charge >= 0.3 is 0 Å². The van der Waals surface area contributed by atoms with E-state index < -0.39 is 199 Å². The first-order valence-electron chi connectivity index (χ1n) is 21.7. The fourth-order valence-electron chi connectivity index (χ4n) is 8.32. The van der Waals surface area contributed by atoms with Gasteiger partial charge in [-0.1, -0.05) is 0 Å². The molecule has 0 saturated carbocycles. The summed E-state index contributed by atoms with van der Waals surface area (Å²) in [6, 6.07) is -1.67. The molecule has 66 heavy (non-hydrogen) atoms. The Morgan fingerprint density at radius 3 is 1.71 bits per heavy atom. The Morgan fingerprint density at radius 1 is 0.591 bits per heavy atom. The predicted molar refractivity (Wildman–Crippen MR) is 208 cm³/mol. The Balaban J connectivity index is 1.30. The van der Waals surface area contributed by atoms with Crippen molar-refractivity contribution in [2.24, 2.45) is 5.73 Å². The Kier molecular flexibility index (Phi) is 20.9. The standard InChI is InChI=1S/C38H67FN2O25/c1-14(46)41-20-31(64-36-27(54)25(52)22(49)16(8-42)60-36)23(50)17(9-43)59-33(20)65-32-24(51)18(10-44)61-37(29(32)56)63-30-19(11-45)62-34(28(55)26(30)53)58-13-38(12-39)7-15(47)21(48)35(66-38)57-6-4-2-3-5-40/h15-37,42-45,47-56H,2-13,40H2,1H3,(H,41,46)/t15?,16?,17?,18?,19?,20?,21?,22-,23-,24-,25?,26?,27?,28?,29?,30-,31?,32?,33-,34+,35+,36-,37+,38?/m0/s1. The summed E-state index contributed by atoms with van der Waals surface area (Å²) in [5.74, 6) is -0.801. The lowest BCUT2D eigenvalue weighted by atomic mass is 9.91. The summed E-state index contributed by atoms with van der Waals surface area (Å²) in [5, 5.41) is 151. The van der Waals surface area contributed by atoms with Crippen molar-refractivity contribution in [2.45, 2.75) is 179 Å². The number of nitrogens with two attached hydrogens (primary N) is 1. The van der Waals surface area contributed by atoms with E-state index in [9.17, 15) is 80.7 Å². The van der Waals surface area contributed by atoms with E-state index in [0.717, 1.165) is 6.92 Å². The molecule has 5 aliphatic heterocycles. The highest BCUT2D eigenvalue weighted by Gasteiger charge is 2.57. The van der Waals surface area contributed by atoms with Crippen molar-refractivity contribution >= 4 is 5.91 Å². The number of halogens is 1. The predicted octanol–water partition coefficient (Wildman–Crippen LogP) is -9.26. The normalized spacial score (nSPS) is 46.8. The van der Waals surface area contributed by atoms with E-state index in [0.29, 0.717) is 25.8 Å². The van der Waals surface area contributed by atoms with Crippen molar-refractivity contribution in [3.63, 3.8) is 0 Å². The van der Waals surface area contributed by atoms with Crippen LogP contribution in [0.5, 0.6) is 0 Å². The number of carbonyl (C=O) groups is 1. The lowest BCUT2D eigenvalue weighted by molar-refractivity contribution is -0.383. The van der Waals surface area contributed by atoms with Gasteiger partial charge in [-0.3, -0.25) is 4.79 Å². The van der Waals surface area contributed by atoms with E-state index >= 15 is 0 Å². The van der Waals surface area contributed by atoms with Crippen LogP contribution in [-0.4, -0.2) is 277 Å². The summed E-state index contributed by atoms with van der Waals surface area (Å²) in [7, 11) is 0. The zero-order chi connectivity index (χ0) is 48.6. The van der Waals surface area contributed by atoms with E-state index in [-0.39, 0.29) is 6.61 Å². The molecule has 0 aromatic heterocycles. The van der Waals surface area contributed by atoms with Crippen molar-refractivity contribution < 1.29 is 128 Å². The van der Waals surface area contributed by atoms with Crippen LogP contribution in [0.1, 0.15) is 32.6 Å². The number of rotatable bonds is 21. The van der Waals surface area contributed by atoms with Gasteiger partial charge in [0.2, 0.25) is 5.91 Å². The molecule has 24 atom stereocenters. The molecule has 27 nitrogen and oxygen atoms in total. The van der Waals surface area contributed by atoms with Crippen LogP contribution >= 0.6 is 0 Å². The molecule has 5 fully saturated rings. The number of hydrogen-bond acceptors (Lipinski definition) is 26. The number of amides is 1. The molecular formula is C38H67FN2O25. The summed E-state index contributed by atoms with van der Waals surface area (Å²) < 4.78 is 71.5. The molecule has 5 aliphatic rings. The van der Waals surface area contributed by atoms with Crippen LogP contribution in [-0.2, 0) is 52.2 Å². The van der Waals surface area contributed by atoms with E-state index in [2.05, 4.69) is 5.32 Å². The van der Waals surface area contributed by atoms with E-state index in [1.54, 1.807) is 0 Å². The van der Waals surface area contributed by atoms with Gasteiger partial charge in [-0.25, -0.2) is 4.39 Å². The maximum Gasteiger partial charge on any atom is 0.217 e. The zero-order valence-electron chi connectivity index (χ0n) is 36.0. The molecule has 0 aromatic carbocycles. The number of unbranched alkanes of at least 4 members (excludes halogenated alkanes) is 2. The SMILES string of the molecule is CC(=O)NC1C(O[C@@H]2OC(CO)[C@H](O)C(O)C2O)[C@@H](O)C(CO)O[C@H]1OC1C(O)[C@@H](O[C@H]2C(CO)O[C@@H](OCC3(CF)CC(O)C(O)[C@H](OCCCCCN)O3)C(O)C2O)OC(CO)[C@@H]1O. The van der Waals surface area contributed by atoms with Crippen LogP contribution in [0.2, 0.25) is 0 Å². The van der Waals surface area contributed by atoms with E-state index in [1.165, 1.54) is 0 Å². The molecule has 386 valence electrons. The zero-order valence-corrected chi connectivity index (χ0v) is 36.0. The van der Waals surface area contributed by atoms with E-state index in [1.807, 2.05) is 0 Å². The highest BCUT2D eigenvalue weighted by Crippen LogP contribution is 2.36. The highest BCUT2D eigenvalue weighted by molar-refractivity contribution is 5.73. The fraction of sp³-hybridized carbons (Fsp3) is 0.974. The first-order chi connectivity index (χ1) is 31.4. The second-order valence-electron chi connectivity index (χ2n) is 17.0. The maximum atomic E-state index is 14.6. The van der Waals surface area contributed by atoms with Gasteiger partial charge in [-0.15, -0.1) is 0 Å². The third-order valence-electron chi connectivity index (χ3n) is 12.1. The maximum absolute atomic E-state index is 14.6. The lowest BCUT2D eigenvalue weighted by Crippen LogP contribution is -2.70. The molecule has 0 radical (unpaired) electrons. The van der Waals surface area contributed by atoms with Crippen molar-refractivity contribution in [1.29, 1.82) is 0 Å². The Morgan fingerprint density at radius 2 is 1.12 bits per heavy atom. The van der Waals surface area contributed by atoms with Crippen molar-refractivity contribution in [1.82, 2.24) is 5.32 Å². The first kappa shape index (κ1) is 55.3. The summed E-state index contributed by atoms with van der Waals surface area (Å²) in [5.41, 5.74) is 3.56. The van der Waals surface area contributed by atoms with Crippen LogP contribution in [0.25, 0.3) is 0 Å². The summed E-state index contributed by atoms with van der Waals surface area (Å²) >= 11 is 0. The van der Waals surface area contributed by atoms with Gasteiger partial charge in [0, 0.05) is 20.0 Å². The largest absolute Gasteiger partial charge is 0.394 e. The number of nitrogens with one attached hydrogen (secondary N) is 1. The molecule has 5 saturated heterocycles. The average molecular weight is 971 g/mol. The van der Waals surface area contributed by atoms with Crippen LogP contribution in [0, 0.1) is 0 Å². The molecule has 5 heterocycles.